The van der Waals surface area contributed by atoms with Crippen LogP contribution in [-0.4, -0.2) is 147 Å². The molecule has 8 aromatic rings. The van der Waals surface area contributed by atoms with E-state index in [-0.39, 0.29) is 68.6 Å². The third-order valence-electron chi connectivity index (χ3n) is 12.8. The molecule has 0 saturated carbocycles. The Balaban J connectivity index is 0.000000192. The Bertz CT molecular complexity index is 3740. The second-order valence-corrected chi connectivity index (χ2v) is 22.8. The number of aromatic nitrogens is 9. The number of hydrogen-bond acceptors (Lipinski definition) is 17. The minimum Gasteiger partial charge on any atom is -0.474 e. The number of alkyl halides is 2. The highest BCUT2D eigenvalue weighted by molar-refractivity contribution is 7.91. The molecular formula is C52H51F4N11O10S2. The second-order valence-electron chi connectivity index (χ2n) is 18.7. The maximum atomic E-state index is 14.8. The van der Waals surface area contributed by atoms with Gasteiger partial charge in [-0.3, -0.25) is 14.6 Å². The number of carbonyl (C=O) groups excluding carboxylic acids is 2. The summed E-state index contributed by atoms with van der Waals surface area (Å²) >= 11 is 0. The van der Waals surface area contributed by atoms with Crippen LogP contribution >= 0.6 is 0 Å². The third-order valence-corrected chi connectivity index (χ3v) is 15.0. The van der Waals surface area contributed by atoms with E-state index >= 15 is 0 Å². The smallest absolute Gasteiger partial charge is 0.387 e. The fraction of sp³-hybridized carbons (Fsp3) is 0.327. The van der Waals surface area contributed by atoms with Crippen LogP contribution in [-0.2, 0) is 31.0 Å². The molecule has 79 heavy (non-hydrogen) atoms. The third kappa shape index (κ3) is 13.1. The van der Waals surface area contributed by atoms with Gasteiger partial charge in [0.2, 0.25) is 11.8 Å². The van der Waals surface area contributed by atoms with Crippen LogP contribution in [0.3, 0.4) is 0 Å². The quantitative estimate of drug-likeness (QED) is 0.0937. The fourth-order valence-corrected chi connectivity index (χ4v) is 9.92. The zero-order chi connectivity index (χ0) is 56.2. The van der Waals surface area contributed by atoms with Gasteiger partial charge in [-0.25, -0.2) is 54.9 Å². The van der Waals surface area contributed by atoms with E-state index in [2.05, 4.69) is 39.9 Å². The van der Waals surface area contributed by atoms with Gasteiger partial charge in [0.15, 0.2) is 31.0 Å². The summed E-state index contributed by atoms with van der Waals surface area (Å²) in [5.74, 6) is -1.37. The SMILES string of the molecule is CC(C)OCc1ccc(C(=O)N2CCC(Oc3ncnc4c3cnn4-c3ccc(S(C)(=O)=O)cc3F)CC2)nc1.CS(=O)(=O)c1ccc(-n2ncc3c(OC4CCN(C(=O)c5ccc(OC(F)F)cc5)CC4)ncnc32)c(F)c1. The molecule has 7 heterocycles. The van der Waals surface area contributed by atoms with Gasteiger partial charge in [0.25, 0.3) is 11.8 Å². The first-order chi connectivity index (χ1) is 37.7. The zero-order valence-electron chi connectivity index (χ0n) is 42.8. The van der Waals surface area contributed by atoms with E-state index in [1.807, 2.05) is 19.9 Å². The minimum absolute atomic E-state index is 0.0164. The van der Waals surface area contributed by atoms with E-state index in [0.29, 0.717) is 92.0 Å². The van der Waals surface area contributed by atoms with Crippen LogP contribution in [0.1, 0.15) is 65.9 Å². The van der Waals surface area contributed by atoms with Crippen molar-refractivity contribution in [3.8, 4) is 28.9 Å². The molecule has 0 spiro atoms. The number of likely N-dealkylation sites (tertiary alicyclic amines) is 2. The maximum Gasteiger partial charge on any atom is 0.387 e. The molecule has 21 nitrogen and oxygen atoms in total. The lowest BCUT2D eigenvalue weighted by atomic mass is 10.1. The summed E-state index contributed by atoms with van der Waals surface area (Å²) in [6, 6.07) is 16.2. The predicted octanol–water partition coefficient (Wildman–Crippen LogP) is 7.00. The summed E-state index contributed by atoms with van der Waals surface area (Å²) in [7, 11) is -7.13. The number of halogens is 4. The normalized spacial score (nSPS) is 14.7. The number of hydrogen-bond donors (Lipinski definition) is 0. The summed E-state index contributed by atoms with van der Waals surface area (Å²) in [6.07, 6.45) is 11.0. The summed E-state index contributed by atoms with van der Waals surface area (Å²) in [4.78, 5) is 50.1. The largest absolute Gasteiger partial charge is 0.474 e. The van der Waals surface area contributed by atoms with Crippen molar-refractivity contribution in [2.45, 2.75) is 80.9 Å². The summed E-state index contributed by atoms with van der Waals surface area (Å²) < 4.78 is 126. The molecule has 2 amide bonds. The molecule has 2 fully saturated rings. The predicted molar refractivity (Wildman–Crippen MR) is 276 cm³/mol. The van der Waals surface area contributed by atoms with Gasteiger partial charge in [0.05, 0.1) is 34.9 Å². The van der Waals surface area contributed by atoms with Crippen LogP contribution in [0.4, 0.5) is 17.6 Å². The Morgan fingerprint density at radius 1 is 0.620 bits per heavy atom. The molecular weight excluding hydrogens is 1080 g/mol. The Hall–Kier alpha value is -8.17. The fourth-order valence-electron chi connectivity index (χ4n) is 8.66. The van der Waals surface area contributed by atoms with E-state index in [0.717, 1.165) is 30.2 Å². The Morgan fingerprint density at radius 3 is 1.52 bits per heavy atom. The van der Waals surface area contributed by atoms with Crippen LogP contribution in [0.5, 0.6) is 17.5 Å². The van der Waals surface area contributed by atoms with E-state index < -0.39 is 37.9 Å². The van der Waals surface area contributed by atoms with Crippen molar-refractivity contribution < 1.29 is 62.9 Å². The first-order valence-electron chi connectivity index (χ1n) is 24.6. The minimum atomic E-state index is -3.58. The van der Waals surface area contributed by atoms with Crippen molar-refractivity contribution in [2.24, 2.45) is 0 Å². The van der Waals surface area contributed by atoms with Crippen molar-refractivity contribution in [1.29, 1.82) is 0 Å². The van der Waals surface area contributed by atoms with Gasteiger partial charge in [-0.1, -0.05) is 6.07 Å². The molecule has 0 atom stereocenters. The number of sulfone groups is 2. The maximum absolute atomic E-state index is 14.8. The van der Waals surface area contributed by atoms with Gasteiger partial charge >= 0.3 is 6.61 Å². The monoisotopic (exact) mass is 1130 g/mol. The van der Waals surface area contributed by atoms with Gasteiger partial charge in [-0.15, -0.1) is 0 Å². The van der Waals surface area contributed by atoms with Gasteiger partial charge < -0.3 is 28.7 Å². The first kappa shape index (κ1) is 55.6. The second kappa shape index (κ2) is 23.4. The highest BCUT2D eigenvalue weighted by atomic mass is 32.2. The molecule has 5 aromatic heterocycles. The molecule has 2 aliphatic rings. The number of piperidine rings is 2. The number of amides is 2. The molecule has 0 N–H and O–H groups in total. The molecule has 27 heteroatoms. The molecule has 0 aliphatic carbocycles. The number of benzene rings is 3. The van der Waals surface area contributed by atoms with Crippen molar-refractivity contribution in [1.82, 2.24) is 54.3 Å². The van der Waals surface area contributed by atoms with Crippen LogP contribution < -0.4 is 14.2 Å². The summed E-state index contributed by atoms with van der Waals surface area (Å²) in [6.45, 7) is 3.23. The van der Waals surface area contributed by atoms with Crippen molar-refractivity contribution in [3.63, 3.8) is 0 Å². The number of carbonyl (C=O) groups is 2. The van der Waals surface area contributed by atoms with Crippen LogP contribution in [0.15, 0.2) is 114 Å². The van der Waals surface area contributed by atoms with Gasteiger partial charge in [0.1, 0.15) is 70.1 Å². The lowest BCUT2D eigenvalue weighted by Crippen LogP contribution is -2.42. The number of nitrogens with zero attached hydrogens (tertiary/aromatic N) is 11. The Morgan fingerprint density at radius 2 is 1.10 bits per heavy atom. The molecule has 0 bridgehead atoms. The van der Waals surface area contributed by atoms with Crippen LogP contribution in [0.2, 0.25) is 0 Å². The highest BCUT2D eigenvalue weighted by Crippen LogP contribution is 2.31. The Labute approximate surface area is 450 Å². The number of fused-ring (bicyclic) bond motifs is 2. The van der Waals surface area contributed by atoms with E-state index in [4.69, 9.17) is 14.2 Å². The van der Waals surface area contributed by atoms with Gasteiger partial charge in [-0.2, -0.15) is 19.0 Å². The molecule has 414 valence electrons. The topological polar surface area (TPSA) is 246 Å². The van der Waals surface area contributed by atoms with E-state index in [1.54, 1.807) is 22.1 Å². The van der Waals surface area contributed by atoms with Gasteiger partial charge in [0, 0.05) is 76.1 Å². The molecule has 2 saturated heterocycles. The molecule has 2 aliphatic heterocycles. The average molecular weight is 1130 g/mol. The molecule has 0 unspecified atom stereocenters. The van der Waals surface area contributed by atoms with Crippen LogP contribution in [0.25, 0.3) is 33.4 Å². The number of pyridine rings is 1. The summed E-state index contributed by atoms with van der Waals surface area (Å²) in [5, 5.41) is 9.37. The van der Waals surface area contributed by atoms with E-state index in [1.165, 1.54) is 82.9 Å². The molecule has 0 radical (unpaired) electrons. The lowest BCUT2D eigenvalue weighted by Gasteiger charge is -2.32. The van der Waals surface area contributed by atoms with Gasteiger partial charge in [-0.05, 0) is 86.1 Å². The standard InChI is InChI=1S/C27H29FN6O5S.C25H22F3N5O5S/c1-17(2)38-15-18-4-6-23(29-13-18)27(35)33-10-8-19(9-11-33)39-26-21-14-32-34(25(21)30-16-31-26)24-7-5-20(12-22(24)28)40(3,36)37;1-39(35,36)18-6-7-21(20(26)12-18)33-22-19(13-31-33)23(30-14-29-22)37-17-8-10-32(11-9-17)24(34)15-2-4-16(5-3-15)38-25(27)28/h4-7,12-14,16-17,19H,8-11,15H2,1-3H3;2-7,12-14,17,25H,8-11H2,1H3. The Kier molecular flexibility index (Phi) is 16.5. The molecule has 3 aromatic carbocycles. The number of rotatable bonds is 15. The van der Waals surface area contributed by atoms with Crippen molar-refractivity contribution in [2.75, 3.05) is 38.7 Å². The van der Waals surface area contributed by atoms with E-state index in [9.17, 15) is 44.0 Å². The van der Waals surface area contributed by atoms with Crippen molar-refractivity contribution in [3.05, 3.63) is 132 Å². The number of ether oxygens (including phenoxy) is 4. The highest BCUT2D eigenvalue weighted by Gasteiger charge is 2.29. The molecule has 10 rings (SSSR count). The zero-order valence-corrected chi connectivity index (χ0v) is 44.5. The lowest BCUT2D eigenvalue weighted by molar-refractivity contribution is -0.0498. The first-order valence-corrected chi connectivity index (χ1v) is 28.4. The summed E-state index contributed by atoms with van der Waals surface area (Å²) in [5.41, 5.74) is 2.31. The van der Waals surface area contributed by atoms with Crippen LogP contribution in [0, 0.1) is 11.6 Å². The van der Waals surface area contributed by atoms with Crippen molar-refractivity contribution >= 4 is 53.6 Å². The average Bonchev–Trinajstić information content (AvgIpc) is 4.24.